The second-order valence-corrected chi connectivity index (χ2v) is 4.20. The van der Waals surface area contributed by atoms with Crippen LogP contribution in [0.3, 0.4) is 0 Å². The van der Waals surface area contributed by atoms with E-state index in [1.165, 1.54) is 5.56 Å². The Labute approximate surface area is 106 Å². The van der Waals surface area contributed by atoms with Gasteiger partial charge in [-0.3, -0.25) is 0 Å². The molecule has 0 saturated carbocycles. The van der Waals surface area contributed by atoms with Crippen LogP contribution >= 0.6 is 0 Å². The van der Waals surface area contributed by atoms with Gasteiger partial charge in [0.15, 0.2) is 0 Å². The fourth-order valence-corrected chi connectivity index (χ4v) is 2.03. The highest BCUT2D eigenvalue weighted by molar-refractivity contribution is 5.64. The summed E-state index contributed by atoms with van der Waals surface area (Å²) >= 11 is 0. The van der Waals surface area contributed by atoms with E-state index >= 15 is 0 Å². The summed E-state index contributed by atoms with van der Waals surface area (Å²) in [5, 5.41) is 4.11. The highest BCUT2D eigenvalue weighted by Gasteiger charge is 2.09. The maximum Gasteiger partial charge on any atom is 0.131 e. The highest BCUT2D eigenvalue weighted by Crippen LogP contribution is 2.24. The predicted octanol–water partition coefficient (Wildman–Crippen LogP) is 3.93. The quantitative estimate of drug-likeness (QED) is 0.687. The molecule has 0 amide bonds. The third-order valence-corrected chi connectivity index (χ3v) is 2.94. The number of rotatable bonds is 3. The average molecular weight is 235 g/mol. The molecule has 0 aliphatic carbocycles. The van der Waals surface area contributed by atoms with E-state index < -0.39 is 0 Å². The summed E-state index contributed by atoms with van der Waals surface area (Å²) in [7, 11) is 0. The summed E-state index contributed by atoms with van der Waals surface area (Å²) in [5.74, 6) is 0. The van der Waals surface area contributed by atoms with Gasteiger partial charge < -0.3 is 4.52 Å². The molecule has 0 atom stereocenters. The van der Waals surface area contributed by atoms with Crippen LogP contribution in [0.5, 0.6) is 0 Å². The molecular formula is C16H13NO. The van der Waals surface area contributed by atoms with Crippen molar-refractivity contribution in [3.63, 3.8) is 0 Å². The van der Waals surface area contributed by atoms with Crippen LogP contribution < -0.4 is 0 Å². The van der Waals surface area contributed by atoms with Gasteiger partial charge in [-0.15, -0.1) is 0 Å². The molecule has 0 N–H and O–H groups in total. The first-order valence-corrected chi connectivity index (χ1v) is 5.96. The Kier molecular flexibility index (Phi) is 2.92. The largest absolute Gasteiger partial charge is 0.364 e. The molecule has 88 valence electrons. The van der Waals surface area contributed by atoms with Gasteiger partial charge in [-0.1, -0.05) is 65.8 Å². The molecule has 1 aromatic heterocycles. The smallest absolute Gasteiger partial charge is 0.131 e. The van der Waals surface area contributed by atoms with Gasteiger partial charge >= 0.3 is 0 Å². The van der Waals surface area contributed by atoms with E-state index in [1.54, 1.807) is 6.26 Å². The molecule has 3 aromatic rings. The van der Waals surface area contributed by atoms with Crippen LogP contribution in [0.1, 0.15) is 11.3 Å². The number of hydrogen-bond donors (Lipinski definition) is 0. The van der Waals surface area contributed by atoms with Crippen LogP contribution in [-0.4, -0.2) is 5.16 Å². The van der Waals surface area contributed by atoms with Crippen LogP contribution in [0, 0.1) is 0 Å². The zero-order valence-electron chi connectivity index (χ0n) is 9.91. The number of benzene rings is 2. The number of aromatic nitrogens is 1. The van der Waals surface area contributed by atoms with Gasteiger partial charge in [0.1, 0.15) is 6.26 Å². The summed E-state index contributed by atoms with van der Waals surface area (Å²) in [4.78, 5) is 0. The minimum Gasteiger partial charge on any atom is -0.364 e. The molecule has 0 aliphatic rings. The molecule has 3 rings (SSSR count). The standard InChI is InChI=1S/C16H13NO/c1-3-7-13(8-4-1)11-16-15(12-18-17-16)14-9-5-2-6-10-14/h1-10,12H,11H2. The fraction of sp³-hybridized carbons (Fsp3) is 0.0625. The van der Waals surface area contributed by atoms with Gasteiger partial charge in [-0.25, -0.2) is 0 Å². The third-order valence-electron chi connectivity index (χ3n) is 2.94. The Morgan fingerprint density at radius 1 is 0.833 bits per heavy atom. The monoisotopic (exact) mass is 235 g/mol. The van der Waals surface area contributed by atoms with Crippen molar-refractivity contribution in [2.24, 2.45) is 0 Å². The molecule has 2 aromatic carbocycles. The lowest BCUT2D eigenvalue weighted by atomic mass is 10.0. The lowest BCUT2D eigenvalue weighted by Gasteiger charge is -2.01. The molecule has 0 spiro atoms. The van der Waals surface area contributed by atoms with Crippen molar-refractivity contribution in [1.29, 1.82) is 0 Å². The van der Waals surface area contributed by atoms with Gasteiger partial charge in [-0.2, -0.15) is 0 Å². The second kappa shape index (κ2) is 4.88. The van der Waals surface area contributed by atoms with E-state index in [2.05, 4.69) is 29.4 Å². The van der Waals surface area contributed by atoms with Gasteiger partial charge in [0.25, 0.3) is 0 Å². The van der Waals surface area contributed by atoms with Gasteiger partial charge in [0, 0.05) is 12.0 Å². The van der Waals surface area contributed by atoms with E-state index in [-0.39, 0.29) is 0 Å². The molecule has 0 bridgehead atoms. The zero-order valence-corrected chi connectivity index (χ0v) is 9.91. The Morgan fingerprint density at radius 2 is 1.50 bits per heavy atom. The molecular weight excluding hydrogens is 222 g/mol. The lowest BCUT2D eigenvalue weighted by molar-refractivity contribution is 0.413. The van der Waals surface area contributed by atoms with Crippen molar-refractivity contribution in [2.75, 3.05) is 0 Å². The second-order valence-electron chi connectivity index (χ2n) is 4.20. The predicted molar refractivity (Wildman–Crippen MR) is 71.2 cm³/mol. The fourth-order valence-electron chi connectivity index (χ4n) is 2.03. The maximum atomic E-state index is 5.12. The Hall–Kier alpha value is -2.35. The van der Waals surface area contributed by atoms with Gasteiger partial charge in [-0.05, 0) is 11.1 Å². The first-order valence-electron chi connectivity index (χ1n) is 5.96. The normalized spacial score (nSPS) is 10.4. The SMILES string of the molecule is c1ccc(Cc2nocc2-c2ccccc2)cc1. The summed E-state index contributed by atoms with van der Waals surface area (Å²) in [6, 6.07) is 20.5. The van der Waals surface area contributed by atoms with Crippen LogP contribution in [-0.2, 0) is 6.42 Å². The summed E-state index contributed by atoms with van der Waals surface area (Å²) in [5.41, 5.74) is 4.43. The van der Waals surface area contributed by atoms with Gasteiger partial charge in [0.05, 0.1) is 5.69 Å². The molecule has 1 heterocycles. The van der Waals surface area contributed by atoms with Crippen LogP contribution in [0.25, 0.3) is 11.1 Å². The van der Waals surface area contributed by atoms with Crippen molar-refractivity contribution in [2.45, 2.75) is 6.42 Å². The van der Waals surface area contributed by atoms with Crippen LogP contribution in [0.2, 0.25) is 0 Å². The van der Waals surface area contributed by atoms with Crippen molar-refractivity contribution < 1.29 is 4.52 Å². The van der Waals surface area contributed by atoms with Gasteiger partial charge in [0.2, 0.25) is 0 Å². The minimum absolute atomic E-state index is 0.793. The molecule has 0 saturated heterocycles. The molecule has 2 heteroatoms. The maximum absolute atomic E-state index is 5.12. The molecule has 2 nitrogen and oxygen atoms in total. The summed E-state index contributed by atoms with van der Waals surface area (Å²) in [6.45, 7) is 0. The summed E-state index contributed by atoms with van der Waals surface area (Å²) < 4.78 is 5.12. The molecule has 0 fully saturated rings. The van der Waals surface area contributed by atoms with E-state index in [4.69, 9.17) is 4.52 Å². The van der Waals surface area contributed by atoms with Crippen molar-refractivity contribution in [1.82, 2.24) is 5.16 Å². The lowest BCUT2D eigenvalue weighted by Crippen LogP contribution is -1.90. The Morgan fingerprint density at radius 3 is 2.22 bits per heavy atom. The molecule has 0 unspecified atom stereocenters. The van der Waals surface area contributed by atoms with E-state index in [0.717, 1.165) is 23.2 Å². The van der Waals surface area contributed by atoms with Crippen LogP contribution in [0.4, 0.5) is 0 Å². The Balaban J connectivity index is 1.93. The summed E-state index contributed by atoms with van der Waals surface area (Å²) in [6.07, 6.45) is 2.51. The minimum atomic E-state index is 0.793. The molecule has 0 aliphatic heterocycles. The van der Waals surface area contributed by atoms with Crippen molar-refractivity contribution in [3.8, 4) is 11.1 Å². The molecule has 0 radical (unpaired) electrons. The van der Waals surface area contributed by atoms with E-state index in [9.17, 15) is 0 Å². The van der Waals surface area contributed by atoms with E-state index in [0.29, 0.717) is 0 Å². The van der Waals surface area contributed by atoms with Crippen molar-refractivity contribution >= 4 is 0 Å². The topological polar surface area (TPSA) is 26.0 Å². The Bertz CT molecular complexity index is 614. The zero-order chi connectivity index (χ0) is 12.2. The number of hydrogen-bond acceptors (Lipinski definition) is 2. The van der Waals surface area contributed by atoms with E-state index in [1.807, 2.05) is 36.4 Å². The number of nitrogens with zero attached hydrogens (tertiary/aromatic N) is 1. The first kappa shape index (κ1) is 10.8. The van der Waals surface area contributed by atoms with Crippen molar-refractivity contribution in [3.05, 3.63) is 78.2 Å². The van der Waals surface area contributed by atoms with Crippen LogP contribution in [0.15, 0.2) is 71.4 Å². The first-order chi connectivity index (χ1) is 8.93. The third kappa shape index (κ3) is 2.18. The average Bonchev–Trinajstić information content (AvgIpc) is 2.89. The molecule has 18 heavy (non-hydrogen) atoms. The highest BCUT2D eigenvalue weighted by atomic mass is 16.5.